The molecule has 1 aromatic carbocycles. The van der Waals surface area contributed by atoms with Crippen molar-refractivity contribution in [3.05, 3.63) is 47.2 Å². The van der Waals surface area contributed by atoms with E-state index in [4.69, 9.17) is 11.6 Å². The van der Waals surface area contributed by atoms with E-state index >= 15 is 0 Å². The van der Waals surface area contributed by atoms with Crippen LogP contribution >= 0.6 is 11.6 Å². The number of hydrogen-bond acceptors (Lipinski definition) is 3. The van der Waals surface area contributed by atoms with Crippen LogP contribution in [0.2, 0.25) is 5.02 Å². The summed E-state index contributed by atoms with van der Waals surface area (Å²) in [5, 5.41) is 0.544. The Balaban J connectivity index is 2.34. The first-order valence-corrected chi connectivity index (χ1v) is 5.65. The zero-order valence-electron chi connectivity index (χ0n) is 9.82. The minimum absolute atomic E-state index is 0.0304. The van der Waals surface area contributed by atoms with Crippen LogP contribution < -0.4 is 4.90 Å². The highest BCUT2D eigenvalue weighted by Gasteiger charge is 2.33. The van der Waals surface area contributed by atoms with E-state index in [1.165, 1.54) is 4.90 Å². The third kappa shape index (κ3) is 3.14. The minimum Gasteiger partial charge on any atom is -0.314 e. The van der Waals surface area contributed by atoms with Crippen LogP contribution in [0, 0.1) is 0 Å². The van der Waals surface area contributed by atoms with Crippen LogP contribution in [0.15, 0.2) is 36.5 Å². The van der Waals surface area contributed by atoms with Gasteiger partial charge in [-0.05, 0) is 30.3 Å². The average molecular weight is 288 g/mol. The summed E-state index contributed by atoms with van der Waals surface area (Å²) in [6.07, 6.45) is -3.41. The molecule has 1 aromatic heterocycles. The molecule has 0 fully saturated rings. The van der Waals surface area contributed by atoms with Crippen molar-refractivity contribution in [3.8, 4) is 0 Å². The Bertz CT molecular complexity index is 569. The lowest BCUT2D eigenvalue weighted by atomic mass is 10.3. The van der Waals surface area contributed by atoms with Gasteiger partial charge in [-0.15, -0.1) is 0 Å². The van der Waals surface area contributed by atoms with Crippen molar-refractivity contribution in [2.45, 2.75) is 6.18 Å². The number of nitrogens with zero attached hydrogens (tertiary/aromatic N) is 3. The molecule has 0 aliphatic heterocycles. The van der Waals surface area contributed by atoms with E-state index in [0.29, 0.717) is 10.7 Å². The molecule has 1 heterocycles. The molecule has 0 aliphatic carbocycles. The maximum absolute atomic E-state index is 12.6. The van der Waals surface area contributed by atoms with Crippen LogP contribution in [-0.4, -0.2) is 17.0 Å². The highest BCUT2D eigenvalue weighted by Crippen LogP contribution is 2.29. The molecule has 0 saturated carbocycles. The smallest absolute Gasteiger partial charge is 0.314 e. The fourth-order valence-electron chi connectivity index (χ4n) is 1.45. The van der Waals surface area contributed by atoms with Gasteiger partial charge in [0.05, 0.1) is 0 Å². The maximum Gasteiger partial charge on any atom is 0.433 e. The molecule has 0 atom stereocenters. The Morgan fingerprint density at radius 1 is 1.11 bits per heavy atom. The van der Waals surface area contributed by atoms with Crippen molar-refractivity contribution in [3.63, 3.8) is 0 Å². The molecule has 2 rings (SSSR count). The Hall–Kier alpha value is -1.82. The number of halogens is 4. The first-order chi connectivity index (χ1) is 8.88. The molecule has 2 aromatic rings. The van der Waals surface area contributed by atoms with E-state index in [0.717, 1.165) is 12.3 Å². The van der Waals surface area contributed by atoms with Gasteiger partial charge in [0.15, 0.2) is 0 Å². The van der Waals surface area contributed by atoms with Gasteiger partial charge in [-0.25, -0.2) is 9.97 Å². The number of benzene rings is 1. The molecule has 0 saturated heterocycles. The quantitative estimate of drug-likeness (QED) is 0.838. The molecule has 0 unspecified atom stereocenters. The maximum atomic E-state index is 12.6. The molecule has 0 aliphatic rings. The van der Waals surface area contributed by atoms with E-state index in [1.54, 1.807) is 31.3 Å². The van der Waals surface area contributed by atoms with E-state index in [9.17, 15) is 13.2 Å². The van der Waals surface area contributed by atoms with E-state index in [-0.39, 0.29) is 5.95 Å². The number of rotatable bonds is 2. The van der Waals surface area contributed by atoms with Crippen molar-refractivity contribution >= 4 is 23.2 Å². The topological polar surface area (TPSA) is 29.0 Å². The van der Waals surface area contributed by atoms with Crippen LogP contribution in [0.3, 0.4) is 0 Å². The summed E-state index contributed by atoms with van der Waals surface area (Å²) in [7, 11) is 1.58. The van der Waals surface area contributed by atoms with Crippen LogP contribution in [0.5, 0.6) is 0 Å². The van der Waals surface area contributed by atoms with Crippen LogP contribution in [-0.2, 0) is 6.18 Å². The molecule has 0 spiro atoms. The normalized spacial score (nSPS) is 11.4. The zero-order chi connectivity index (χ0) is 14.0. The monoisotopic (exact) mass is 287 g/mol. The van der Waals surface area contributed by atoms with Gasteiger partial charge < -0.3 is 4.90 Å². The Morgan fingerprint density at radius 3 is 2.32 bits per heavy atom. The highest BCUT2D eigenvalue weighted by molar-refractivity contribution is 6.30. The number of anilines is 2. The average Bonchev–Trinajstić information content (AvgIpc) is 2.38. The standard InChI is InChI=1S/C12H9ClF3N3/c1-19(9-4-2-8(13)3-5-9)11-17-7-6-10(18-11)12(14,15)16/h2-7H,1H3. The third-order valence-corrected chi connectivity index (χ3v) is 2.70. The minimum atomic E-state index is -4.49. The molecule has 0 amide bonds. The fourth-order valence-corrected chi connectivity index (χ4v) is 1.57. The second-order valence-corrected chi connectivity index (χ2v) is 4.21. The van der Waals surface area contributed by atoms with Crippen molar-refractivity contribution < 1.29 is 13.2 Å². The van der Waals surface area contributed by atoms with E-state index in [1.807, 2.05) is 0 Å². The lowest BCUT2D eigenvalue weighted by molar-refractivity contribution is -0.141. The van der Waals surface area contributed by atoms with E-state index in [2.05, 4.69) is 9.97 Å². The summed E-state index contributed by atoms with van der Waals surface area (Å²) in [6.45, 7) is 0. The van der Waals surface area contributed by atoms with Gasteiger partial charge in [-0.2, -0.15) is 13.2 Å². The third-order valence-electron chi connectivity index (χ3n) is 2.45. The largest absolute Gasteiger partial charge is 0.433 e. The van der Waals surface area contributed by atoms with Gasteiger partial charge >= 0.3 is 6.18 Å². The molecule has 3 nitrogen and oxygen atoms in total. The van der Waals surface area contributed by atoms with E-state index < -0.39 is 11.9 Å². The van der Waals surface area contributed by atoms with Gasteiger partial charge in [-0.3, -0.25) is 0 Å². The highest BCUT2D eigenvalue weighted by atomic mass is 35.5. The molecular formula is C12H9ClF3N3. The predicted molar refractivity (Wildman–Crippen MR) is 66.5 cm³/mol. The summed E-state index contributed by atoms with van der Waals surface area (Å²) in [5.41, 5.74) is -0.331. The molecule has 100 valence electrons. The second kappa shape index (κ2) is 5.05. The van der Waals surface area contributed by atoms with Gasteiger partial charge in [0, 0.05) is 24.0 Å². The summed E-state index contributed by atoms with van der Waals surface area (Å²) in [6, 6.07) is 7.46. The lowest BCUT2D eigenvalue weighted by Gasteiger charge is -2.18. The SMILES string of the molecule is CN(c1ccc(Cl)cc1)c1nccc(C(F)(F)F)n1. The number of alkyl halides is 3. The lowest BCUT2D eigenvalue weighted by Crippen LogP contribution is -2.16. The Kier molecular flexibility index (Phi) is 3.61. The molecule has 19 heavy (non-hydrogen) atoms. The fraction of sp³-hybridized carbons (Fsp3) is 0.167. The molecule has 0 N–H and O–H groups in total. The van der Waals surface area contributed by atoms with Crippen molar-refractivity contribution in [1.29, 1.82) is 0 Å². The van der Waals surface area contributed by atoms with Crippen LogP contribution in [0.25, 0.3) is 0 Å². The van der Waals surface area contributed by atoms with Gasteiger partial charge in [0.2, 0.25) is 5.95 Å². The molecule has 0 radical (unpaired) electrons. The predicted octanol–water partition coefficient (Wildman–Crippen LogP) is 3.92. The Labute approximate surface area is 112 Å². The van der Waals surface area contributed by atoms with Crippen molar-refractivity contribution in [2.24, 2.45) is 0 Å². The zero-order valence-corrected chi connectivity index (χ0v) is 10.6. The second-order valence-electron chi connectivity index (χ2n) is 3.78. The molecular weight excluding hydrogens is 279 g/mol. The number of hydrogen-bond donors (Lipinski definition) is 0. The number of aromatic nitrogens is 2. The summed E-state index contributed by atoms with van der Waals surface area (Å²) in [4.78, 5) is 8.78. The van der Waals surface area contributed by atoms with Gasteiger partial charge in [-0.1, -0.05) is 11.6 Å². The van der Waals surface area contributed by atoms with Crippen molar-refractivity contribution in [2.75, 3.05) is 11.9 Å². The van der Waals surface area contributed by atoms with Crippen LogP contribution in [0.1, 0.15) is 5.69 Å². The first kappa shape index (κ1) is 13.6. The van der Waals surface area contributed by atoms with Gasteiger partial charge in [0.25, 0.3) is 0 Å². The Morgan fingerprint density at radius 2 is 1.74 bits per heavy atom. The van der Waals surface area contributed by atoms with Gasteiger partial charge in [0.1, 0.15) is 5.69 Å². The summed E-state index contributed by atoms with van der Waals surface area (Å²) < 4.78 is 37.7. The van der Waals surface area contributed by atoms with Crippen LogP contribution in [0.4, 0.5) is 24.8 Å². The first-order valence-electron chi connectivity index (χ1n) is 5.27. The van der Waals surface area contributed by atoms with Crippen molar-refractivity contribution in [1.82, 2.24) is 9.97 Å². The summed E-state index contributed by atoms with van der Waals surface area (Å²) >= 11 is 5.75. The molecule has 7 heteroatoms. The summed E-state index contributed by atoms with van der Waals surface area (Å²) in [5.74, 6) is -0.0304. The molecule has 0 bridgehead atoms.